The van der Waals surface area contributed by atoms with Gasteiger partial charge in [-0.05, 0) is 23.6 Å². The van der Waals surface area contributed by atoms with Gasteiger partial charge in [-0.1, -0.05) is 17.7 Å². The Bertz CT molecular complexity index is 467. The molecule has 0 bridgehead atoms. The van der Waals surface area contributed by atoms with Crippen molar-refractivity contribution in [3.63, 3.8) is 0 Å². The van der Waals surface area contributed by atoms with Crippen LogP contribution < -0.4 is 0 Å². The Balaban J connectivity index is 2.73. The van der Waals surface area contributed by atoms with Gasteiger partial charge in [0.15, 0.2) is 6.29 Å². The lowest BCUT2D eigenvalue weighted by Crippen LogP contribution is -1.85. The summed E-state index contributed by atoms with van der Waals surface area (Å²) in [6.07, 6.45) is 2.37. The van der Waals surface area contributed by atoms with Crippen molar-refractivity contribution >= 4 is 28.7 Å². The highest BCUT2D eigenvalue weighted by Gasteiger charge is 1.97. The minimum Gasteiger partial charge on any atom is -0.296 e. The van der Waals surface area contributed by atoms with Crippen LogP contribution in [0.4, 0.5) is 0 Å². The number of carbonyl (C=O) groups is 1. The molecular formula is C10H6ClNO. The first-order valence-corrected chi connectivity index (χ1v) is 4.18. The Morgan fingerprint density at radius 1 is 1.23 bits per heavy atom. The highest BCUT2D eigenvalue weighted by molar-refractivity contribution is 6.31. The van der Waals surface area contributed by atoms with Crippen LogP contribution in [-0.4, -0.2) is 11.3 Å². The van der Waals surface area contributed by atoms with Gasteiger partial charge in [0, 0.05) is 16.6 Å². The number of aromatic nitrogens is 1. The Morgan fingerprint density at radius 2 is 2.08 bits per heavy atom. The van der Waals surface area contributed by atoms with Gasteiger partial charge in [-0.3, -0.25) is 9.78 Å². The van der Waals surface area contributed by atoms with Gasteiger partial charge in [-0.2, -0.15) is 0 Å². The molecule has 2 rings (SSSR count). The molecule has 1 aromatic heterocycles. The highest BCUT2D eigenvalue weighted by Crippen LogP contribution is 2.18. The van der Waals surface area contributed by atoms with Crippen molar-refractivity contribution in [3.05, 3.63) is 41.2 Å². The molecule has 0 aliphatic carbocycles. The van der Waals surface area contributed by atoms with Crippen molar-refractivity contribution in [2.24, 2.45) is 0 Å². The topological polar surface area (TPSA) is 30.0 Å². The molecule has 2 aromatic rings. The van der Waals surface area contributed by atoms with E-state index in [1.165, 1.54) is 0 Å². The molecule has 0 radical (unpaired) electrons. The highest BCUT2D eigenvalue weighted by atomic mass is 35.5. The molecule has 0 amide bonds. The molecule has 0 aliphatic rings. The molecular weight excluding hydrogens is 186 g/mol. The number of hydrogen-bond acceptors (Lipinski definition) is 2. The van der Waals surface area contributed by atoms with Gasteiger partial charge in [-0.15, -0.1) is 0 Å². The summed E-state index contributed by atoms with van der Waals surface area (Å²) in [6.45, 7) is 0. The first-order chi connectivity index (χ1) is 6.29. The lowest BCUT2D eigenvalue weighted by atomic mass is 10.1. The Labute approximate surface area is 80.2 Å². The summed E-state index contributed by atoms with van der Waals surface area (Å²) in [5.74, 6) is 0. The van der Waals surface area contributed by atoms with Crippen molar-refractivity contribution in [2.75, 3.05) is 0 Å². The van der Waals surface area contributed by atoms with Crippen LogP contribution in [0.5, 0.6) is 0 Å². The molecule has 0 saturated heterocycles. The summed E-state index contributed by atoms with van der Waals surface area (Å²) < 4.78 is 0. The molecule has 64 valence electrons. The second-order valence-electron chi connectivity index (χ2n) is 2.72. The average molecular weight is 192 g/mol. The number of benzene rings is 1. The van der Waals surface area contributed by atoms with Gasteiger partial charge in [-0.25, -0.2) is 0 Å². The van der Waals surface area contributed by atoms with Gasteiger partial charge in [0.1, 0.15) is 5.69 Å². The molecule has 0 saturated carbocycles. The van der Waals surface area contributed by atoms with E-state index in [4.69, 9.17) is 11.6 Å². The van der Waals surface area contributed by atoms with Crippen molar-refractivity contribution in [1.29, 1.82) is 0 Å². The molecule has 0 unspecified atom stereocenters. The third-order valence-electron chi connectivity index (χ3n) is 1.83. The van der Waals surface area contributed by atoms with Crippen LogP contribution in [0.2, 0.25) is 5.02 Å². The zero-order valence-corrected chi connectivity index (χ0v) is 7.45. The van der Waals surface area contributed by atoms with Crippen molar-refractivity contribution in [1.82, 2.24) is 4.98 Å². The molecule has 1 heterocycles. The second-order valence-corrected chi connectivity index (χ2v) is 3.15. The van der Waals surface area contributed by atoms with Crippen LogP contribution in [0.15, 0.2) is 30.5 Å². The van der Waals surface area contributed by atoms with Crippen molar-refractivity contribution in [3.8, 4) is 0 Å². The molecule has 0 atom stereocenters. The molecule has 0 aliphatic heterocycles. The Kier molecular flexibility index (Phi) is 1.99. The maximum atomic E-state index is 10.4. The van der Waals surface area contributed by atoms with E-state index in [9.17, 15) is 4.79 Å². The van der Waals surface area contributed by atoms with E-state index in [0.29, 0.717) is 10.7 Å². The van der Waals surface area contributed by atoms with E-state index in [2.05, 4.69) is 4.98 Å². The third-order valence-corrected chi connectivity index (χ3v) is 2.06. The van der Waals surface area contributed by atoms with Gasteiger partial charge in [0.05, 0.1) is 0 Å². The first kappa shape index (κ1) is 8.20. The summed E-state index contributed by atoms with van der Waals surface area (Å²) in [5, 5.41) is 2.59. The minimum atomic E-state index is 0.440. The van der Waals surface area contributed by atoms with Gasteiger partial charge >= 0.3 is 0 Å². The maximum Gasteiger partial charge on any atom is 0.168 e. The number of pyridine rings is 1. The average Bonchev–Trinajstić information content (AvgIpc) is 2.17. The van der Waals surface area contributed by atoms with E-state index in [1.54, 1.807) is 18.3 Å². The monoisotopic (exact) mass is 191 g/mol. The van der Waals surface area contributed by atoms with Crippen molar-refractivity contribution in [2.45, 2.75) is 0 Å². The number of fused-ring (bicyclic) bond motifs is 1. The number of halogens is 1. The number of hydrogen-bond donors (Lipinski definition) is 0. The normalized spacial score (nSPS) is 10.2. The third kappa shape index (κ3) is 1.53. The Morgan fingerprint density at radius 3 is 2.85 bits per heavy atom. The lowest BCUT2D eigenvalue weighted by molar-refractivity contribution is 0.111. The SMILES string of the molecule is O=Cc1cc2ccc(Cl)cc2cn1. The minimum absolute atomic E-state index is 0.440. The number of aldehydes is 1. The number of carbonyl (C=O) groups excluding carboxylic acids is 1. The lowest BCUT2D eigenvalue weighted by Gasteiger charge is -1.97. The zero-order chi connectivity index (χ0) is 9.26. The fraction of sp³-hybridized carbons (Fsp3) is 0. The smallest absolute Gasteiger partial charge is 0.168 e. The standard InChI is InChI=1S/C10H6ClNO/c11-9-2-1-7-4-10(6-13)12-5-8(7)3-9/h1-6H. The summed E-state index contributed by atoms with van der Waals surface area (Å²) in [6, 6.07) is 7.21. The first-order valence-electron chi connectivity index (χ1n) is 3.80. The molecule has 13 heavy (non-hydrogen) atoms. The zero-order valence-electron chi connectivity index (χ0n) is 6.70. The molecule has 3 heteroatoms. The largest absolute Gasteiger partial charge is 0.296 e. The van der Waals surface area contributed by atoms with Gasteiger partial charge in [0.2, 0.25) is 0 Å². The summed E-state index contributed by atoms with van der Waals surface area (Å²) in [5.41, 5.74) is 0.440. The van der Waals surface area contributed by atoms with Crippen LogP contribution in [0.1, 0.15) is 10.5 Å². The second kappa shape index (κ2) is 3.15. The summed E-state index contributed by atoms with van der Waals surface area (Å²) >= 11 is 5.80. The van der Waals surface area contributed by atoms with Crippen LogP contribution in [-0.2, 0) is 0 Å². The Hall–Kier alpha value is -1.41. The van der Waals surface area contributed by atoms with Gasteiger partial charge < -0.3 is 0 Å². The fourth-order valence-corrected chi connectivity index (χ4v) is 1.37. The van der Waals surface area contributed by atoms with Crippen LogP contribution in [0, 0.1) is 0 Å². The van der Waals surface area contributed by atoms with Crippen molar-refractivity contribution < 1.29 is 4.79 Å². The van der Waals surface area contributed by atoms with Gasteiger partial charge in [0.25, 0.3) is 0 Å². The van der Waals surface area contributed by atoms with Crippen LogP contribution in [0.25, 0.3) is 10.8 Å². The van der Waals surface area contributed by atoms with E-state index < -0.39 is 0 Å². The fourth-order valence-electron chi connectivity index (χ4n) is 1.19. The summed E-state index contributed by atoms with van der Waals surface area (Å²) in [4.78, 5) is 14.4. The van der Waals surface area contributed by atoms with Crippen LogP contribution in [0.3, 0.4) is 0 Å². The van der Waals surface area contributed by atoms with E-state index >= 15 is 0 Å². The molecule has 1 aromatic carbocycles. The number of rotatable bonds is 1. The van der Waals surface area contributed by atoms with Crippen LogP contribution >= 0.6 is 11.6 Å². The summed E-state index contributed by atoms with van der Waals surface area (Å²) in [7, 11) is 0. The van der Waals surface area contributed by atoms with E-state index in [0.717, 1.165) is 17.1 Å². The molecule has 0 spiro atoms. The maximum absolute atomic E-state index is 10.4. The van der Waals surface area contributed by atoms with E-state index in [-0.39, 0.29) is 0 Å². The molecule has 0 N–H and O–H groups in total. The molecule has 2 nitrogen and oxygen atoms in total. The predicted molar refractivity (Wildman–Crippen MR) is 52.1 cm³/mol. The quantitative estimate of drug-likeness (QED) is 0.649. The predicted octanol–water partition coefficient (Wildman–Crippen LogP) is 2.70. The molecule has 0 fully saturated rings. The van der Waals surface area contributed by atoms with E-state index in [1.807, 2.05) is 12.1 Å². The number of nitrogens with zero attached hydrogens (tertiary/aromatic N) is 1.